The van der Waals surface area contributed by atoms with Crippen molar-refractivity contribution < 1.29 is 37.8 Å². The van der Waals surface area contributed by atoms with Crippen molar-refractivity contribution in [2.75, 3.05) is 5.88 Å². The van der Waals surface area contributed by atoms with Crippen molar-refractivity contribution in [2.45, 2.75) is 24.7 Å². The lowest BCUT2D eigenvalue weighted by molar-refractivity contribution is -0.192. The van der Waals surface area contributed by atoms with Crippen LogP contribution in [-0.2, 0) is 14.4 Å². The molecule has 21 heavy (non-hydrogen) atoms. The normalized spacial score (nSPS) is 13.0. The highest BCUT2D eigenvalue weighted by molar-refractivity contribution is 6.19. The van der Waals surface area contributed by atoms with Crippen LogP contribution in [0, 0.1) is 12.3 Å². The van der Waals surface area contributed by atoms with Crippen molar-refractivity contribution >= 4 is 29.4 Å². The molecule has 0 fully saturated rings. The summed E-state index contributed by atoms with van der Waals surface area (Å²) < 4.78 is 31.7. The van der Waals surface area contributed by atoms with Crippen LogP contribution in [0.2, 0.25) is 0 Å². The van der Waals surface area contributed by atoms with Crippen LogP contribution >= 0.6 is 11.6 Å². The largest absolute Gasteiger partial charge is 0.490 e. The molecule has 120 valence electrons. The van der Waals surface area contributed by atoms with E-state index in [2.05, 4.69) is 11.2 Å². The molecule has 0 saturated carbocycles. The highest BCUT2D eigenvalue weighted by Gasteiger charge is 2.38. The van der Waals surface area contributed by atoms with E-state index >= 15 is 0 Å². The number of halogens is 4. The Morgan fingerprint density at radius 2 is 1.76 bits per heavy atom. The Hall–Kier alpha value is -1.99. The fourth-order valence-electron chi connectivity index (χ4n) is 0.667. The van der Waals surface area contributed by atoms with Crippen LogP contribution in [0.5, 0.6) is 0 Å². The smallest absolute Gasteiger partial charge is 0.480 e. The fraction of sp³-hybridized carbons (Fsp3) is 0.500. The van der Waals surface area contributed by atoms with Crippen LogP contribution in [-0.4, -0.2) is 52.2 Å². The number of nitrogens with one attached hydrogen (secondary N) is 1. The molecule has 5 N–H and O–H groups in total. The first-order valence-electron chi connectivity index (χ1n) is 5.05. The van der Waals surface area contributed by atoms with E-state index in [1.54, 1.807) is 0 Å². The zero-order valence-corrected chi connectivity index (χ0v) is 11.1. The highest BCUT2D eigenvalue weighted by atomic mass is 35.5. The number of carbonyl (C=O) groups is 3. The second kappa shape index (κ2) is 9.84. The number of aliphatic carboxylic acids is 2. The molecule has 0 aliphatic heterocycles. The Balaban J connectivity index is 0. The lowest BCUT2D eigenvalue weighted by Crippen LogP contribution is -2.49. The molecule has 0 bridgehead atoms. The first kappa shape index (κ1) is 21.3. The molecule has 0 aliphatic rings. The molecule has 0 unspecified atom stereocenters. The summed E-state index contributed by atoms with van der Waals surface area (Å²) in [4.78, 5) is 30.6. The maximum atomic E-state index is 11.1. The molecule has 0 aromatic carbocycles. The quantitative estimate of drug-likeness (QED) is 0.407. The summed E-state index contributed by atoms with van der Waals surface area (Å²) in [6.45, 7) is 0. The van der Waals surface area contributed by atoms with Gasteiger partial charge in [0.1, 0.15) is 6.04 Å². The van der Waals surface area contributed by atoms with Crippen molar-refractivity contribution in [2.24, 2.45) is 5.73 Å². The fourth-order valence-corrected chi connectivity index (χ4v) is 0.807. The summed E-state index contributed by atoms with van der Waals surface area (Å²) >= 11 is 5.31. The Kier molecular flexibility index (Phi) is 9.99. The van der Waals surface area contributed by atoms with E-state index in [9.17, 15) is 22.8 Å². The molecule has 0 aromatic heterocycles. The van der Waals surface area contributed by atoms with Gasteiger partial charge in [-0.25, -0.2) is 9.59 Å². The van der Waals surface area contributed by atoms with Gasteiger partial charge in [-0.3, -0.25) is 4.79 Å². The van der Waals surface area contributed by atoms with Crippen LogP contribution in [0.3, 0.4) is 0 Å². The number of rotatable bonds is 5. The molecule has 0 heterocycles. The first-order valence-corrected chi connectivity index (χ1v) is 5.59. The standard InChI is InChI=1S/C8H11ClN2O3.C2HF3O2/c1-2-3-6(8(13)14)11-7(12)5(10)4-9;3-2(4,5)1(6)7/h1,5-6H,3-4,10H2,(H,11,12)(H,13,14);(H,6,7)/t5-,6-;/m1./s1. The van der Waals surface area contributed by atoms with Gasteiger partial charge in [0.25, 0.3) is 0 Å². The second-order valence-electron chi connectivity index (χ2n) is 3.37. The van der Waals surface area contributed by atoms with Crippen molar-refractivity contribution in [1.82, 2.24) is 5.32 Å². The molecule has 11 heteroatoms. The predicted octanol–water partition coefficient (Wildman–Crippen LogP) is -0.222. The van der Waals surface area contributed by atoms with E-state index in [0.29, 0.717) is 0 Å². The topological polar surface area (TPSA) is 130 Å². The summed E-state index contributed by atoms with van der Waals surface area (Å²) in [5.41, 5.74) is 5.27. The molecule has 7 nitrogen and oxygen atoms in total. The molecule has 0 aromatic rings. The van der Waals surface area contributed by atoms with Gasteiger partial charge in [-0.05, 0) is 0 Å². The van der Waals surface area contributed by atoms with Crippen molar-refractivity contribution in [3.63, 3.8) is 0 Å². The number of carboxylic acid groups (broad SMARTS) is 2. The molecular weight excluding hydrogens is 321 g/mol. The molecule has 0 rings (SSSR count). The average Bonchev–Trinajstić information content (AvgIpc) is 2.36. The lowest BCUT2D eigenvalue weighted by atomic mass is 10.2. The number of alkyl halides is 4. The van der Waals surface area contributed by atoms with E-state index in [1.807, 2.05) is 0 Å². The van der Waals surface area contributed by atoms with E-state index in [1.165, 1.54) is 0 Å². The van der Waals surface area contributed by atoms with Crippen LogP contribution in [0.4, 0.5) is 13.2 Å². The van der Waals surface area contributed by atoms with Crippen LogP contribution in [0.1, 0.15) is 6.42 Å². The molecule has 0 spiro atoms. The van der Waals surface area contributed by atoms with Gasteiger partial charge in [-0.2, -0.15) is 13.2 Å². The van der Waals surface area contributed by atoms with Gasteiger partial charge in [0.2, 0.25) is 5.91 Å². The molecule has 2 atom stereocenters. The monoisotopic (exact) mass is 332 g/mol. The van der Waals surface area contributed by atoms with Crippen molar-refractivity contribution in [3.05, 3.63) is 0 Å². The summed E-state index contributed by atoms with van der Waals surface area (Å²) in [5.74, 6) is -2.51. The van der Waals surface area contributed by atoms with Gasteiger partial charge in [0, 0.05) is 12.3 Å². The minimum Gasteiger partial charge on any atom is -0.480 e. The highest BCUT2D eigenvalue weighted by Crippen LogP contribution is 2.13. The van der Waals surface area contributed by atoms with Gasteiger partial charge in [-0.1, -0.05) is 0 Å². The lowest BCUT2D eigenvalue weighted by Gasteiger charge is -2.14. The van der Waals surface area contributed by atoms with E-state index in [-0.39, 0.29) is 12.3 Å². The number of terminal acetylenes is 1. The van der Waals surface area contributed by atoms with E-state index in [4.69, 9.17) is 38.8 Å². The Bertz CT molecular complexity index is 422. The van der Waals surface area contributed by atoms with E-state index in [0.717, 1.165) is 0 Å². The third kappa shape index (κ3) is 10.5. The summed E-state index contributed by atoms with van der Waals surface area (Å²) in [7, 11) is 0. The number of carboxylic acids is 2. The maximum Gasteiger partial charge on any atom is 0.490 e. The average molecular weight is 333 g/mol. The van der Waals surface area contributed by atoms with Crippen molar-refractivity contribution in [3.8, 4) is 12.3 Å². The van der Waals surface area contributed by atoms with Gasteiger partial charge in [0.05, 0.1) is 6.04 Å². The summed E-state index contributed by atoms with van der Waals surface area (Å²) in [6, 6.07) is -2.03. The van der Waals surface area contributed by atoms with Gasteiger partial charge in [-0.15, -0.1) is 23.9 Å². The van der Waals surface area contributed by atoms with Crippen LogP contribution in [0.15, 0.2) is 0 Å². The van der Waals surface area contributed by atoms with E-state index < -0.39 is 36.1 Å². The SMILES string of the molecule is C#CC[C@@H](NC(=O)[C@H](N)CCl)C(=O)O.O=C(O)C(F)(F)F. The molecule has 1 amide bonds. The predicted molar refractivity (Wildman–Crippen MR) is 65.4 cm³/mol. The number of carbonyl (C=O) groups excluding carboxylic acids is 1. The zero-order valence-electron chi connectivity index (χ0n) is 10.4. The second-order valence-corrected chi connectivity index (χ2v) is 3.68. The van der Waals surface area contributed by atoms with Crippen LogP contribution < -0.4 is 11.1 Å². The minimum atomic E-state index is -5.08. The number of nitrogens with two attached hydrogens (primary N) is 1. The Morgan fingerprint density at radius 1 is 1.33 bits per heavy atom. The molecule has 0 saturated heterocycles. The third-order valence-corrected chi connectivity index (χ3v) is 2.01. The van der Waals surface area contributed by atoms with Gasteiger partial charge >= 0.3 is 18.1 Å². The van der Waals surface area contributed by atoms with Gasteiger partial charge in [0.15, 0.2) is 0 Å². The van der Waals surface area contributed by atoms with Crippen molar-refractivity contribution in [1.29, 1.82) is 0 Å². The zero-order chi connectivity index (χ0) is 17.2. The first-order chi connectivity index (χ1) is 9.47. The number of hydrogen-bond acceptors (Lipinski definition) is 4. The maximum absolute atomic E-state index is 11.1. The molecule has 0 radical (unpaired) electrons. The number of amides is 1. The third-order valence-electron chi connectivity index (χ3n) is 1.68. The Labute approximate surface area is 122 Å². The molecule has 0 aliphatic carbocycles. The number of hydrogen-bond donors (Lipinski definition) is 4. The minimum absolute atomic E-state index is 0.0752. The molecular formula is C10H12ClF3N2O5. The Morgan fingerprint density at radius 3 is 2.00 bits per heavy atom. The summed E-state index contributed by atoms with van der Waals surface area (Å²) in [6.07, 6.45) is -0.241. The summed E-state index contributed by atoms with van der Waals surface area (Å²) in [5, 5.41) is 17.9. The van der Waals surface area contributed by atoms with Gasteiger partial charge < -0.3 is 21.3 Å². The van der Waals surface area contributed by atoms with Crippen LogP contribution in [0.25, 0.3) is 0 Å².